The highest BCUT2D eigenvalue weighted by Gasteiger charge is 2.32. The Morgan fingerprint density at radius 2 is 2.10 bits per heavy atom. The van der Waals surface area contributed by atoms with E-state index < -0.39 is 17.8 Å². The molecule has 106 valence electrons. The Morgan fingerprint density at radius 3 is 2.55 bits per heavy atom. The van der Waals surface area contributed by atoms with E-state index in [2.05, 4.69) is 9.97 Å². The van der Waals surface area contributed by atoms with Gasteiger partial charge in [-0.1, -0.05) is 6.07 Å². The van der Waals surface area contributed by atoms with Crippen LogP contribution >= 0.6 is 0 Å². The third kappa shape index (κ3) is 2.81. The first-order valence-electron chi connectivity index (χ1n) is 5.71. The molecule has 0 amide bonds. The molecule has 0 aliphatic carbocycles. The lowest BCUT2D eigenvalue weighted by Gasteiger charge is -2.06. The van der Waals surface area contributed by atoms with Gasteiger partial charge in [0.25, 0.3) is 0 Å². The van der Waals surface area contributed by atoms with Crippen molar-refractivity contribution in [3.05, 3.63) is 52.6 Å². The van der Waals surface area contributed by atoms with Crippen molar-refractivity contribution in [2.75, 3.05) is 0 Å². The number of H-pyrrole nitrogens is 1. The number of nitrogens with zero attached hydrogens (tertiary/aromatic N) is 1. The molecular weight excluding hydrogens is 273 g/mol. The molecule has 0 fully saturated rings. The summed E-state index contributed by atoms with van der Waals surface area (Å²) in [6, 6.07) is 2.25. The molecule has 0 radical (unpaired) electrons. The van der Waals surface area contributed by atoms with Gasteiger partial charge in [-0.05, 0) is 29.7 Å². The number of aromatic nitrogens is 2. The minimum atomic E-state index is -4.46. The molecule has 0 saturated heterocycles. The van der Waals surface area contributed by atoms with Crippen molar-refractivity contribution in [2.24, 2.45) is 0 Å². The van der Waals surface area contributed by atoms with Crippen molar-refractivity contribution in [1.29, 1.82) is 0 Å². The van der Waals surface area contributed by atoms with Crippen molar-refractivity contribution in [1.82, 2.24) is 9.97 Å². The average molecular weight is 284 g/mol. The lowest BCUT2D eigenvalue weighted by atomic mass is 10.0. The molecule has 2 heterocycles. The van der Waals surface area contributed by atoms with E-state index in [4.69, 9.17) is 5.11 Å². The van der Waals surface area contributed by atoms with Crippen LogP contribution in [0.1, 0.15) is 32.9 Å². The Morgan fingerprint density at radius 1 is 1.40 bits per heavy atom. The first kappa shape index (κ1) is 14.1. The van der Waals surface area contributed by atoms with Gasteiger partial charge in [0.1, 0.15) is 11.4 Å². The second kappa shape index (κ2) is 4.99. The molecule has 0 aliphatic rings. The third-order valence-electron chi connectivity index (χ3n) is 2.97. The average Bonchev–Trinajstić information content (AvgIpc) is 2.71. The molecule has 2 aromatic rings. The van der Waals surface area contributed by atoms with E-state index in [-0.39, 0.29) is 5.69 Å². The number of carbonyl (C=O) groups is 1. The minimum Gasteiger partial charge on any atom is -0.477 e. The molecule has 2 N–H and O–H groups in total. The number of hydrogen-bond acceptors (Lipinski definition) is 2. The zero-order chi connectivity index (χ0) is 14.9. The fourth-order valence-electron chi connectivity index (χ4n) is 1.86. The molecule has 2 aromatic heterocycles. The van der Waals surface area contributed by atoms with E-state index in [0.29, 0.717) is 23.1 Å². The highest BCUT2D eigenvalue weighted by atomic mass is 19.4. The van der Waals surface area contributed by atoms with Gasteiger partial charge in [0.15, 0.2) is 0 Å². The van der Waals surface area contributed by atoms with Crippen LogP contribution in [0.15, 0.2) is 24.5 Å². The number of rotatable bonds is 3. The summed E-state index contributed by atoms with van der Waals surface area (Å²) in [6.07, 6.45) is -1.45. The number of nitrogens with one attached hydrogen (secondary N) is 1. The predicted octanol–water partition coefficient (Wildman–Crippen LogP) is 3.03. The fourth-order valence-corrected chi connectivity index (χ4v) is 1.86. The Hall–Kier alpha value is -2.31. The minimum absolute atomic E-state index is 0.0832. The van der Waals surface area contributed by atoms with Gasteiger partial charge in [-0.25, -0.2) is 4.79 Å². The van der Waals surface area contributed by atoms with Crippen molar-refractivity contribution in [3.63, 3.8) is 0 Å². The van der Waals surface area contributed by atoms with Crippen LogP contribution in [0.5, 0.6) is 0 Å². The van der Waals surface area contributed by atoms with E-state index in [1.54, 1.807) is 6.92 Å². The molecule has 7 heteroatoms. The second-order valence-corrected chi connectivity index (χ2v) is 4.35. The molecule has 4 nitrogen and oxygen atoms in total. The summed E-state index contributed by atoms with van der Waals surface area (Å²) in [4.78, 5) is 16.9. The molecule has 0 spiro atoms. The van der Waals surface area contributed by atoms with Crippen LogP contribution in [0, 0.1) is 6.92 Å². The van der Waals surface area contributed by atoms with Crippen LogP contribution in [-0.4, -0.2) is 21.0 Å². The molecule has 0 unspecified atom stereocenters. The maximum atomic E-state index is 12.4. The Bertz CT molecular complexity index is 630. The van der Waals surface area contributed by atoms with E-state index in [1.807, 2.05) is 0 Å². The molecule has 0 saturated carbocycles. The smallest absolute Gasteiger partial charge is 0.433 e. The number of carboxylic acids is 1. The van der Waals surface area contributed by atoms with Crippen LogP contribution < -0.4 is 0 Å². The number of carboxylic acid groups (broad SMARTS) is 1. The highest BCUT2D eigenvalue weighted by molar-refractivity contribution is 5.87. The van der Waals surface area contributed by atoms with E-state index in [9.17, 15) is 18.0 Å². The SMILES string of the molecule is Cc1c(Cc2ccc(C(F)(F)F)nc2)c[nH]c1C(=O)O. The number of aromatic carboxylic acids is 1. The Balaban J connectivity index is 2.21. The monoisotopic (exact) mass is 284 g/mol. The topological polar surface area (TPSA) is 66.0 Å². The van der Waals surface area contributed by atoms with Crippen LogP contribution in [-0.2, 0) is 12.6 Å². The van der Waals surface area contributed by atoms with Crippen LogP contribution in [0.4, 0.5) is 13.2 Å². The fraction of sp³-hybridized carbons (Fsp3) is 0.231. The first-order valence-corrected chi connectivity index (χ1v) is 5.71. The summed E-state index contributed by atoms with van der Waals surface area (Å²) in [5.41, 5.74) is 0.997. The molecule has 20 heavy (non-hydrogen) atoms. The number of hydrogen-bond donors (Lipinski definition) is 2. The molecule has 0 atom stereocenters. The van der Waals surface area contributed by atoms with Gasteiger partial charge in [-0.15, -0.1) is 0 Å². The van der Waals surface area contributed by atoms with E-state index in [0.717, 1.165) is 12.3 Å². The van der Waals surface area contributed by atoms with E-state index >= 15 is 0 Å². The summed E-state index contributed by atoms with van der Waals surface area (Å²) >= 11 is 0. The maximum Gasteiger partial charge on any atom is 0.433 e. The highest BCUT2D eigenvalue weighted by Crippen LogP contribution is 2.27. The molecule has 0 bridgehead atoms. The number of halogens is 3. The van der Waals surface area contributed by atoms with Crippen molar-refractivity contribution in [3.8, 4) is 0 Å². The Kier molecular flexibility index (Phi) is 3.52. The Labute approximate surface area is 112 Å². The third-order valence-corrected chi connectivity index (χ3v) is 2.97. The van der Waals surface area contributed by atoms with E-state index in [1.165, 1.54) is 12.3 Å². The van der Waals surface area contributed by atoms with Gasteiger partial charge in [-0.3, -0.25) is 4.98 Å². The van der Waals surface area contributed by atoms with Crippen LogP contribution in [0.25, 0.3) is 0 Å². The standard InChI is InChI=1S/C13H11F3N2O2/c1-7-9(6-18-11(7)12(19)20)4-8-2-3-10(17-5-8)13(14,15)16/h2-3,5-6,18H,4H2,1H3,(H,19,20). The number of alkyl halides is 3. The van der Waals surface area contributed by atoms with Gasteiger partial charge < -0.3 is 10.1 Å². The predicted molar refractivity (Wildman–Crippen MR) is 64.5 cm³/mol. The van der Waals surface area contributed by atoms with Crippen LogP contribution in [0.3, 0.4) is 0 Å². The van der Waals surface area contributed by atoms with Gasteiger partial charge in [-0.2, -0.15) is 13.2 Å². The van der Waals surface area contributed by atoms with Gasteiger partial charge in [0.2, 0.25) is 0 Å². The maximum absolute atomic E-state index is 12.4. The zero-order valence-electron chi connectivity index (χ0n) is 10.5. The first-order chi connectivity index (χ1) is 9.29. The normalized spacial score (nSPS) is 11.6. The lowest BCUT2D eigenvalue weighted by Crippen LogP contribution is -2.07. The summed E-state index contributed by atoms with van der Waals surface area (Å²) in [5, 5.41) is 8.90. The number of aromatic amines is 1. The van der Waals surface area contributed by atoms with Crippen molar-refractivity contribution >= 4 is 5.97 Å². The van der Waals surface area contributed by atoms with Crippen molar-refractivity contribution < 1.29 is 23.1 Å². The lowest BCUT2D eigenvalue weighted by molar-refractivity contribution is -0.141. The summed E-state index contributed by atoms with van der Waals surface area (Å²) in [5.74, 6) is -1.07. The van der Waals surface area contributed by atoms with Gasteiger partial charge >= 0.3 is 12.1 Å². The molecular formula is C13H11F3N2O2. The summed E-state index contributed by atoms with van der Waals surface area (Å²) < 4.78 is 37.1. The number of pyridine rings is 1. The zero-order valence-corrected chi connectivity index (χ0v) is 10.5. The van der Waals surface area contributed by atoms with Gasteiger partial charge in [0, 0.05) is 18.8 Å². The quantitative estimate of drug-likeness (QED) is 0.910. The molecule has 0 aliphatic heterocycles. The molecule has 2 rings (SSSR count). The molecule has 0 aromatic carbocycles. The largest absolute Gasteiger partial charge is 0.477 e. The van der Waals surface area contributed by atoms with Gasteiger partial charge in [0.05, 0.1) is 0 Å². The summed E-state index contributed by atoms with van der Waals surface area (Å²) in [7, 11) is 0. The summed E-state index contributed by atoms with van der Waals surface area (Å²) in [6.45, 7) is 1.65. The second-order valence-electron chi connectivity index (χ2n) is 4.35. The van der Waals surface area contributed by atoms with Crippen molar-refractivity contribution in [2.45, 2.75) is 19.5 Å². The van der Waals surface area contributed by atoms with Crippen LogP contribution in [0.2, 0.25) is 0 Å².